The topological polar surface area (TPSA) is 98.0 Å². The highest BCUT2D eigenvalue weighted by atomic mass is 32.2. The molecule has 2 heterocycles. The second-order valence-electron chi connectivity index (χ2n) is 4.99. The van der Waals surface area contributed by atoms with Gasteiger partial charge in [-0.25, -0.2) is 13.4 Å². The maximum absolute atomic E-state index is 11.6. The van der Waals surface area contributed by atoms with E-state index in [-0.39, 0.29) is 5.82 Å². The van der Waals surface area contributed by atoms with Gasteiger partial charge in [-0.2, -0.15) is 0 Å². The van der Waals surface area contributed by atoms with Gasteiger partial charge >= 0.3 is 0 Å². The molecule has 2 aromatic heterocycles. The average Bonchev–Trinajstić information content (AvgIpc) is 2.45. The molecule has 0 amide bonds. The predicted octanol–water partition coefficient (Wildman–Crippen LogP) is 2.27. The van der Waals surface area contributed by atoms with Gasteiger partial charge in [-0.15, -0.1) is 0 Å². The van der Waals surface area contributed by atoms with Crippen molar-refractivity contribution in [3.8, 4) is 0 Å². The molecule has 0 radical (unpaired) electrons. The van der Waals surface area contributed by atoms with E-state index >= 15 is 0 Å². The highest BCUT2D eigenvalue weighted by molar-refractivity contribution is 7.92. The molecule has 2 aromatic rings. The summed E-state index contributed by atoms with van der Waals surface area (Å²) in [7, 11) is -3.43. The van der Waals surface area contributed by atoms with E-state index in [0.29, 0.717) is 11.1 Å². The Bertz CT molecular complexity index is 870. The van der Waals surface area contributed by atoms with Crippen molar-refractivity contribution < 1.29 is 8.42 Å². The van der Waals surface area contributed by atoms with E-state index in [4.69, 9.17) is 5.73 Å². The molecule has 0 fully saturated rings. The van der Waals surface area contributed by atoms with Crippen LogP contribution < -0.4 is 10.5 Å². The third-order valence-electron chi connectivity index (χ3n) is 3.24. The molecule has 0 aliphatic heterocycles. The highest BCUT2D eigenvalue weighted by Gasteiger charge is 2.12. The summed E-state index contributed by atoms with van der Waals surface area (Å²) < 4.78 is 25.5. The maximum atomic E-state index is 11.6. The second kappa shape index (κ2) is 6.15. The number of hydrogen-bond donors (Lipinski definition) is 2. The Labute approximate surface area is 129 Å². The van der Waals surface area contributed by atoms with Crippen molar-refractivity contribution in [3.05, 3.63) is 48.1 Å². The first-order valence-electron chi connectivity index (χ1n) is 6.60. The van der Waals surface area contributed by atoms with E-state index in [0.717, 1.165) is 22.8 Å². The number of anilines is 1. The fourth-order valence-electron chi connectivity index (χ4n) is 2.01. The predicted molar refractivity (Wildman–Crippen MR) is 89.6 cm³/mol. The van der Waals surface area contributed by atoms with Crippen molar-refractivity contribution in [2.24, 2.45) is 5.73 Å². The van der Waals surface area contributed by atoms with Gasteiger partial charge in [0.1, 0.15) is 5.82 Å². The molecule has 0 saturated carbocycles. The smallest absolute Gasteiger partial charge is 0.230 e. The fraction of sp³-hybridized carbons (Fsp3) is 0.200. The van der Waals surface area contributed by atoms with E-state index in [1.165, 1.54) is 6.20 Å². The molecule has 0 atom stereocenters. The van der Waals surface area contributed by atoms with Crippen molar-refractivity contribution in [1.82, 2.24) is 9.97 Å². The lowest BCUT2D eigenvalue weighted by Crippen LogP contribution is -2.12. The van der Waals surface area contributed by atoms with Crippen LogP contribution in [0.2, 0.25) is 0 Å². The third-order valence-corrected chi connectivity index (χ3v) is 3.80. The molecule has 2 rings (SSSR count). The Kier molecular flexibility index (Phi) is 4.46. The van der Waals surface area contributed by atoms with Crippen LogP contribution in [0.25, 0.3) is 16.3 Å². The van der Waals surface area contributed by atoms with Gasteiger partial charge in [0.25, 0.3) is 0 Å². The van der Waals surface area contributed by atoms with E-state index in [2.05, 4.69) is 14.7 Å². The molecule has 0 aliphatic rings. The molecule has 0 aliphatic carbocycles. The van der Waals surface area contributed by atoms with Crippen LogP contribution in [-0.4, -0.2) is 24.6 Å². The summed E-state index contributed by atoms with van der Waals surface area (Å²) in [4.78, 5) is 8.45. The number of nitrogens with zero attached hydrogens (tertiary/aromatic N) is 2. The van der Waals surface area contributed by atoms with Gasteiger partial charge < -0.3 is 5.73 Å². The van der Waals surface area contributed by atoms with Gasteiger partial charge in [-0.05, 0) is 54.8 Å². The molecule has 0 aromatic carbocycles. The Morgan fingerprint density at radius 1 is 1.36 bits per heavy atom. The van der Waals surface area contributed by atoms with Crippen molar-refractivity contribution in [1.29, 1.82) is 0 Å². The lowest BCUT2D eigenvalue weighted by Gasteiger charge is -2.11. The average molecular weight is 318 g/mol. The van der Waals surface area contributed by atoms with Crippen molar-refractivity contribution in [3.63, 3.8) is 0 Å². The summed E-state index contributed by atoms with van der Waals surface area (Å²) in [6.45, 7) is 3.83. The lowest BCUT2D eigenvalue weighted by atomic mass is 10.1. The van der Waals surface area contributed by atoms with E-state index in [1.807, 2.05) is 26.0 Å². The number of nitrogens with two attached hydrogens (primary N) is 1. The molecule has 0 bridgehead atoms. The first-order valence-corrected chi connectivity index (χ1v) is 8.49. The van der Waals surface area contributed by atoms with Crippen LogP contribution in [0.1, 0.15) is 19.5 Å². The highest BCUT2D eigenvalue weighted by Crippen LogP contribution is 2.27. The molecular formula is C15H18N4O2S. The maximum Gasteiger partial charge on any atom is 0.230 e. The number of allylic oxidation sites excluding steroid dienone is 3. The zero-order chi connectivity index (χ0) is 16.3. The van der Waals surface area contributed by atoms with E-state index in [9.17, 15) is 8.42 Å². The zero-order valence-electron chi connectivity index (χ0n) is 12.7. The minimum absolute atomic E-state index is 0.270. The molecule has 0 unspecified atom stereocenters. The van der Waals surface area contributed by atoms with Crippen LogP contribution in [0.15, 0.2) is 42.4 Å². The summed E-state index contributed by atoms with van der Waals surface area (Å²) >= 11 is 0. The summed E-state index contributed by atoms with van der Waals surface area (Å²) in [5.74, 6) is 0.270. The number of hydrogen-bond acceptors (Lipinski definition) is 5. The number of rotatable bonds is 4. The van der Waals surface area contributed by atoms with Crippen LogP contribution >= 0.6 is 0 Å². The number of fused-ring (bicyclic) bond motifs is 1. The molecule has 6 nitrogen and oxygen atoms in total. The Morgan fingerprint density at radius 3 is 2.73 bits per heavy atom. The number of aromatic nitrogens is 2. The normalized spacial score (nSPS) is 13.4. The van der Waals surface area contributed by atoms with Crippen LogP contribution in [0.4, 0.5) is 5.82 Å². The van der Waals surface area contributed by atoms with Crippen LogP contribution in [0.5, 0.6) is 0 Å². The summed E-state index contributed by atoms with van der Waals surface area (Å²) in [6.07, 6.45) is 7.57. The lowest BCUT2D eigenvalue weighted by molar-refractivity contribution is 0.606. The van der Waals surface area contributed by atoms with Crippen molar-refractivity contribution >= 4 is 32.2 Å². The molecule has 116 valence electrons. The largest absolute Gasteiger partial charge is 0.405 e. The van der Waals surface area contributed by atoms with Gasteiger partial charge in [0.15, 0.2) is 0 Å². The first kappa shape index (κ1) is 16.0. The van der Waals surface area contributed by atoms with Gasteiger partial charge in [0.05, 0.1) is 11.9 Å². The molecular weight excluding hydrogens is 300 g/mol. The number of sulfonamides is 1. The van der Waals surface area contributed by atoms with E-state index < -0.39 is 10.0 Å². The van der Waals surface area contributed by atoms with Gasteiger partial charge in [0.2, 0.25) is 10.0 Å². The SMILES string of the molecule is CC(/C=C\N)=C(/C)c1cc2ccncc2c(NS(C)(=O)=O)n1. The number of pyridine rings is 2. The van der Waals surface area contributed by atoms with Crippen LogP contribution in [0.3, 0.4) is 0 Å². The second-order valence-corrected chi connectivity index (χ2v) is 6.74. The molecule has 0 spiro atoms. The van der Waals surface area contributed by atoms with Gasteiger partial charge in [0, 0.05) is 17.8 Å². The Balaban J connectivity index is 2.70. The fourth-order valence-corrected chi connectivity index (χ4v) is 2.51. The van der Waals surface area contributed by atoms with Crippen LogP contribution in [-0.2, 0) is 10.0 Å². The van der Waals surface area contributed by atoms with Crippen molar-refractivity contribution in [2.45, 2.75) is 13.8 Å². The van der Waals surface area contributed by atoms with Crippen LogP contribution in [0, 0.1) is 0 Å². The Morgan fingerprint density at radius 2 is 2.09 bits per heavy atom. The van der Waals surface area contributed by atoms with Gasteiger partial charge in [-0.3, -0.25) is 9.71 Å². The summed E-state index contributed by atoms with van der Waals surface area (Å²) in [5, 5.41) is 1.51. The molecule has 7 heteroatoms. The third kappa shape index (κ3) is 3.62. The summed E-state index contributed by atoms with van der Waals surface area (Å²) in [5.41, 5.74) is 7.96. The summed E-state index contributed by atoms with van der Waals surface area (Å²) in [6, 6.07) is 3.71. The minimum atomic E-state index is -3.43. The minimum Gasteiger partial charge on any atom is -0.405 e. The first-order chi connectivity index (χ1) is 10.3. The van der Waals surface area contributed by atoms with Gasteiger partial charge in [-0.1, -0.05) is 0 Å². The van der Waals surface area contributed by atoms with E-state index in [1.54, 1.807) is 18.5 Å². The van der Waals surface area contributed by atoms with Crippen molar-refractivity contribution in [2.75, 3.05) is 11.0 Å². The standard InChI is InChI=1S/C15H18N4O2S/c1-10(4-6-16)11(2)14-8-12-5-7-17-9-13(12)15(18-14)19-22(3,20)21/h4-9H,16H2,1-3H3,(H,18,19)/b6-4-,11-10+. The Hall–Kier alpha value is -2.41. The number of nitrogens with one attached hydrogen (secondary N) is 1. The monoisotopic (exact) mass is 318 g/mol. The zero-order valence-corrected chi connectivity index (χ0v) is 13.5. The quantitative estimate of drug-likeness (QED) is 0.843. The molecule has 22 heavy (non-hydrogen) atoms. The molecule has 0 saturated heterocycles. The molecule has 3 N–H and O–H groups in total.